The van der Waals surface area contributed by atoms with E-state index in [1.807, 2.05) is 0 Å². The van der Waals surface area contributed by atoms with Crippen molar-refractivity contribution in [2.45, 2.75) is 6.92 Å². The maximum Gasteiger partial charge on any atom is 0.314 e. The number of rotatable bonds is 4. The van der Waals surface area contributed by atoms with Crippen LogP contribution in [0, 0.1) is 0 Å². The molecule has 0 amide bonds. The van der Waals surface area contributed by atoms with Crippen molar-refractivity contribution in [3.05, 3.63) is 55.6 Å². The van der Waals surface area contributed by atoms with Gasteiger partial charge in [0, 0.05) is 5.56 Å². The van der Waals surface area contributed by atoms with E-state index in [1.54, 1.807) is 31.2 Å². The molecule has 110 valence electrons. The van der Waals surface area contributed by atoms with Crippen molar-refractivity contribution in [3.63, 3.8) is 0 Å². The Kier molecular flexibility index (Phi) is 4.44. The first kappa shape index (κ1) is 14.9. The molecule has 8 heteroatoms. The van der Waals surface area contributed by atoms with Crippen LogP contribution in [0.5, 0.6) is 11.5 Å². The molecular formula is C13H12ClN3O4. The Bertz CT molecular complexity index is 794. The highest BCUT2D eigenvalue weighted by Gasteiger charge is 2.15. The molecule has 0 bridgehead atoms. The van der Waals surface area contributed by atoms with Crippen molar-refractivity contribution in [1.29, 1.82) is 0 Å². The van der Waals surface area contributed by atoms with Crippen LogP contribution < -0.4 is 15.7 Å². The number of para-hydroxylation sites is 1. The molecule has 0 saturated carbocycles. The number of halogens is 1. The molecule has 0 aliphatic rings. The Morgan fingerprint density at radius 2 is 1.95 bits per heavy atom. The molecule has 0 unspecified atom stereocenters. The standard InChI is InChI=1S/C13H12ClN3O4/c1-7(17-20-2)8-5-3-4-6-9(8)21-11-10(18)13(19)16-15-12(11)14/h3-6H,1-2H3,(H,15,18)(H,16,19). The summed E-state index contributed by atoms with van der Waals surface area (Å²) in [7, 11) is 1.42. The number of aromatic nitrogens is 2. The molecule has 0 aliphatic heterocycles. The predicted molar refractivity (Wildman–Crippen MR) is 78.4 cm³/mol. The minimum atomic E-state index is -0.866. The minimum absolute atomic E-state index is 0.101. The second kappa shape index (κ2) is 6.27. The number of oxime groups is 1. The van der Waals surface area contributed by atoms with E-state index in [9.17, 15) is 9.59 Å². The number of aromatic amines is 2. The largest absolute Gasteiger partial charge is 0.449 e. The number of benzene rings is 1. The Balaban J connectivity index is 2.51. The lowest BCUT2D eigenvalue weighted by Crippen LogP contribution is -2.28. The Hall–Kier alpha value is -2.54. The first-order valence-electron chi connectivity index (χ1n) is 5.90. The molecule has 2 aromatic rings. The van der Waals surface area contributed by atoms with E-state index in [0.717, 1.165) is 0 Å². The topological polar surface area (TPSA) is 96.5 Å². The van der Waals surface area contributed by atoms with E-state index in [-0.39, 0.29) is 10.9 Å². The van der Waals surface area contributed by atoms with Crippen LogP contribution in [-0.2, 0) is 4.84 Å². The van der Waals surface area contributed by atoms with Gasteiger partial charge in [-0.1, -0.05) is 28.9 Å². The highest BCUT2D eigenvalue weighted by molar-refractivity contribution is 6.30. The van der Waals surface area contributed by atoms with Crippen molar-refractivity contribution >= 4 is 17.3 Å². The van der Waals surface area contributed by atoms with Gasteiger partial charge in [0.1, 0.15) is 12.9 Å². The van der Waals surface area contributed by atoms with Gasteiger partial charge in [0.2, 0.25) is 5.75 Å². The molecule has 1 aromatic heterocycles. The normalized spacial score (nSPS) is 11.3. The molecular weight excluding hydrogens is 298 g/mol. The molecule has 2 N–H and O–H groups in total. The summed E-state index contributed by atoms with van der Waals surface area (Å²) in [6.45, 7) is 1.72. The molecule has 0 fully saturated rings. The van der Waals surface area contributed by atoms with Crippen LogP contribution in [0.15, 0.2) is 39.0 Å². The Morgan fingerprint density at radius 3 is 2.67 bits per heavy atom. The van der Waals surface area contributed by atoms with Gasteiger partial charge >= 0.3 is 5.56 Å². The summed E-state index contributed by atoms with van der Waals surface area (Å²) in [6.07, 6.45) is 0. The third-order valence-electron chi connectivity index (χ3n) is 2.61. The fourth-order valence-electron chi connectivity index (χ4n) is 1.67. The van der Waals surface area contributed by atoms with E-state index < -0.39 is 11.0 Å². The van der Waals surface area contributed by atoms with Crippen LogP contribution >= 0.6 is 11.6 Å². The molecule has 21 heavy (non-hydrogen) atoms. The van der Waals surface area contributed by atoms with Gasteiger partial charge in [0.25, 0.3) is 5.43 Å². The van der Waals surface area contributed by atoms with Crippen LogP contribution in [0.25, 0.3) is 0 Å². The summed E-state index contributed by atoms with van der Waals surface area (Å²) < 4.78 is 5.49. The highest BCUT2D eigenvalue weighted by atomic mass is 35.5. The van der Waals surface area contributed by atoms with E-state index in [2.05, 4.69) is 15.4 Å². The van der Waals surface area contributed by atoms with Gasteiger partial charge in [-0.15, -0.1) is 0 Å². The number of ether oxygens (including phenoxy) is 1. The molecule has 0 spiro atoms. The van der Waals surface area contributed by atoms with Gasteiger partial charge in [-0.05, 0) is 19.1 Å². The maximum absolute atomic E-state index is 11.8. The lowest BCUT2D eigenvalue weighted by atomic mass is 10.1. The zero-order valence-electron chi connectivity index (χ0n) is 11.3. The second-order valence-corrected chi connectivity index (χ2v) is 4.39. The minimum Gasteiger partial charge on any atom is -0.449 e. The summed E-state index contributed by atoms with van der Waals surface area (Å²) in [5.74, 6) is 0.0480. The maximum atomic E-state index is 11.8. The lowest BCUT2D eigenvalue weighted by molar-refractivity contribution is 0.213. The quantitative estimate of drug-likeness (QED) is 0.512. The van der Waals surface area contributed by atoms with Crippen LogP contribution in [0.2, 0.25) is 5.15 Å². The molecule has 0 radical (unpaired) electrons. The van der Waals surface area contributed by atoms with Gasteiger partial charge in [-0.2, -0.15) is 0 Å². The predicted octanol–water partition coefficient (Wildman–Crippen LogP) is 1.88. The molecule has 7 nitrogen and oxygen atoms in total. The summed E-state index contributed by atoms with van der Waals surface area (Å²) in [5.41, 5.74) is -0.565. The number of nitrogens with zero attached hydrogens (tertiary/aromatic N) is 1. The average Bonchev–Trinajstić information content (AvgIpc) is 2.48. The fraction of sp³-hybridized carbons (Fsp3) is 0.154. The van der Waals surface area contributed by atoms with Crippen LogP contribution in [-0.4, -0.2) is 23.0 Å². The fourth-order valence-corrected chi connectivity index (χ4v) is 1.84. The summed E-state index contributed by atoms with van der Waals surface area (Å²) in [6, 6.07) is 6.86. The SMILES string of the molecule is CON=C(C)c1ccccc1Oc1c(Cl)[nH][nH]c(=O)c1=O. The number of H-pyrrole nitrogens is 2. The van der Waals surface area contributed by atoms with Crippen molar-refractivity contribution in [2.24, 2.45) is 5.16 Å². The second-order valence-electron chi connectivity index (χ2n) is 4.01. The highest BCUT2D eigenvalue weighted by Crippen LogP contribution is 2.26. The number of hydrogen-bond donors (Lipinski definition) is 2. The van der Waals surface area contributed by atoms with E-state index in [0.29, 0.717) is 17.0 Å². The molecule has 2 rings (SSSR count). The first-order valence-corrected chi connectivity index (χ1v) is 6.28. The zero-order chi connectivity index (χ0) is 15.4. The number of nitrogens with one attached hydrogen (secondary N) is 2. The molecule has 1 heterocycles. The monoisotopic (exact) mass is 309 g/mol. The van der Waals surface area contributed by atoms with Crippen LogP contribution in [0.3, 0.4) is 0 Å². The Morgan fingerprint density at radius 1 is 1.24 bits per heavy atom. The molecule has 0 saturated heterocycles. The van der Waals surface area contributed by atoms with Gasteiger partial charge in [0.15, 0.2) is 5.15 Å². The molecule has 1 aromatic carbocycles. The zero-order valence-corrected chi connectivity index (χ0v) is 12.0. The lowest BCUT2D eigenvalue weighted by Gasteiger charge is -2.10. The first-order chi connectivity index (χ1) is 10.0. The number of hydrogen-bond acceptors (Lipinski definition) is 5. The van der Waals surface area contributed by atoms with E-state index in [1.165, 1.54) is 7.11 Å². The average molecular weight is 310 g/mol. The third kappa shape index (κ3) is 3.14. The van der Waals surface area contributed by atoms with Crippen molar-refractivity contribution < 1.29 is 9.57 Å². The van der Waals surface area contributed by atoms with Crippen molar-refractivity contribution in [3.8, 4) is 11.5 Å². The van der Waals surface area contributed by atoms with Gasteiger partial charge < -0.3 is 9.57 Å². The molecule has 0 atom stereocenters. The van der Waals surface area contributed by atoms with E-state index >= 15 is 0 Å². The van der Waals surface area contributed by atoms with Crippen LogP contribution in [0.4, 0.5) is 0 Å². The van der Waals surface area contributed by atoms with Gasteiger partial charge in [-0.25, -0.2) is 0 Å². The molecule has 0 aliphatic carbocycles. The van der Waals surface area contributed by atoms with E-state index in [4.69, 9.17) is 21.2 Å². The van der Waals surface area contributed by atoms with Crippen molar-refractivity contribution in [2.75, 3.05) is 7.11 Å². The Labute approximate surface area is 124 Å². The van der Waals surface area contributed by atoms with Gasteiger partial charge in [-0.3, -0.25) is 19.8 Å². The summed E-state index contributed by atoms with van der Waals surface area (Å²) in [5, 5.41) is 8.16. The van der Waals surface area contributed by atoms with Gasteiger partial charge in [0.05, 0.1) is 5.71 Å². The summed E-state index contributed by atoms with van der Waals surface area (Å²) >= 11 is 5.84. The smallest absolute Gasteiger partial charge is 0.314 e. The van der Waals surface area contributed by atoms with Crippen LogP contribution in [0.1, 0.15) is 12.5 Å². The summed E-state index contributed by atoms with van der Waals surface area (Å²) in [4.78, 5) is 27.8. The third-order valence-corrected chi connectivity index (χ3v) is 2.88. The van der Waals surface area contributed by atoms with Crippen molar-refractivity contribution in [1.82, 2.24) is 10.2 Å².